The van der Waals surface area contributed by atoms with Crippen molar-refractivity contribution in [1.29, 1.82) is 0 Å². The normalized spacial score (nSPS) is 10.7. The average Bonchev–Trinajstić information content (AvgIpc) is 2.90. The van der Waals surface area contributed by atoms with Crippen LogP contribution in [-0.2, 0) is 11.2 Å². The van der Waals surface area contributed by atoms with E-state index in [2.05, 4.69) is 4.98 Å². The largest absolute Gasteiger partial charge is 0.456 e. The number of ketones is 1. The molecule has 0 fully saturated rings. The van der Waals surface area contributed by atoms with E-state index in [1.165, 1.54) is 0 Å². The van der Waals surface area contributed by atoms with Gasteiger partial charge in [-0.2, -0.15) is 0 Å². The number of rotatable bonds is 4. The predicted octanol–water partition coefficient (Wildman–Crippen LogP) is 4.22. The molecule has 2 heterocycles. The zero-order chi connectivity index (χ0) is 13.9. The maximum atomic E-state index is 11.1. The van der Waals surface area contributed by atoms with Gasteiger partial charge in [0.1, 0.15) is 17.3 Å². The number of Topliss-reactive ketones (excluding diaryl/α,β-unsaturated/α-hetero) is 1. The molecule has 0 N–H and O–H groups in total. The smallest absolute Gasteiger partial charge is 0.148 e. The second-order valence-electron chi connectivity index (χ2n) is 4.57. The van der Waals surface area contributed by atoms with E-state index in [0.717, 1.165) is 27.3 Å². The molecular formula is C16H13NO2S. The number of fused-ring (bicyclic) bond motifs is 1. The van der Waals surface area contributed by atoms with Crippen LogP contribution < -0.4 is 4.74 Å². The summed E-state index contributed by atoms with van der Waals surface area (Å²) < 4.78 is 6.94. The highest BCUT2D eigenvalue weighted by molar-refractivity contribution is 7.17. The van der Waals surface area contributed by atoms with Crippen LogP contribution in [0.1, 0.15) is 12.5 Å². The van der Waals surface area contributed by atoms with Gasteiger partial charge in [0.25, 0.3) is 0 Å². The molecular weight excluding hydrogens is 270 g/mol. The number of benzene rings is 1. The van der Waals surface area contributed by atoms with Gasteiger partial charge in [0.15, 0.2) is 0 Å². The van der Waals surface area contributed by atoms with Gasteiger partial charge >= 0.3 is 0 Å². The van der Waals surface area contributed by atoms with E-state index in [4.69, 9.17) is 4.74 Å². The fourth-order valence-corrected chi connectivity index (χ4v) is 2.82. The highest BCUT2D eigenvalue weighted by Crippen LogP contribution is 2.32. The third-order valence-corrected chi connectivity index (χ3v) is 3.83. The van der Waals surface area contributed by atoms with Gasteiger partial charge in [0, 0.05) is 18.7 Å². The Kier molecular flexibility index (Phi) is 3.48. The Morgan fingerprint density at radius 1 is 1.20 bits per heavy atom. The van der Waals surface area contributed by atoms with E-state index in [-0.39, 0.29) is 5.78 Å². The maximum Gasteiger partial charge on any atom is 0.148 e. The second kappa shape index (κ2) is 5.43. The highest BCUT2D eigenvalue weighted by atomic mass is 32.1. The molecule has 1 aromatic carbocycles. The van der Waals surface area contributed by atoms with Gasteiger partial charge in [-0.1, -0.05) is 12.1 Å². The van der Waals surface area contributed by atoms with Crippen LogP contribution in [0.3, 0.4) is 0 Å². The van der Waals surface area contributed by atoms with Crippen LogP contribution in [0.25, 0.3) is 10.2 Å². The van der Waals surface area contributed by atoms with Gasteiger partial charge in [-0.25, -0.2) is 0 Å². The molecule has 0 bridgehead atoms. The third-order valence-electron chi connectivity index (χ3n) is 2.91. The topological polar surface area (TPSA) is 39.2 Å². The van der Waals surface area contributed by atoms with Crippen molar-refractivity contribution in [3.63, 3.8) is 0 Å². The molecule has 0 unspecified atom stereocenters. The first kappa shape index (κ1) is 12.8. The fourth-order valence-electron chi connectivity index (χ4n) is 2.02. The summed E-state index contributed by atoms with van der Waals surface area (Å²) in [4.78, 5) is 15.4. The lowest BCUT2D eigenvalue weighted by Crippen LogP contribution is -1.95. The summed E-state index contributed by atoms with van der Waals surface area (Å²) in [5.74, 6) is 1.73. The van der Waals surface area contributed by atoms with E-state index < -0.39 is 0 Å². The number of hydrogen-bond acceptors (Lipinski definition) is 4. The van der Waals surface area contributed by atoms with Crippen LogP contribution in [-0.4, -0.2) is 10.8 Å². The monoisotopic (exact) mass is 283 g/mol. The summed E-state index contributed by atoms with van der Waals surface area (Å²) in [6.45, 7) is 1.59. The Hall–Kier alpha value is -2.20. The van der Waals surface area contributed by atoms with Crippen molar-refractivity contribution < 1.29 is 9.53 Å². The second-order valence-corrected chi connectivity index (χ2v) is 5.48. The Bertz CT molecular complexity index is 747. The number of nitrogens with zero attached hydrogens (tertiary/aromatic N) is 1. The lowest BCUT2D eigenvalue weighted by Gasteiger charge is -2.07. The molecule has 0 aliphatic carbocycles. The molecule has 3 rings (SSSR count). The van der Waals surface area contributed by atoms with Gasteiger partial charge in [-0.3, -0.25) is 9.78 Å². The fraction of sp³-hybridized carbons (Fsp3) is 0.125. The number of pyridine rings is 1. The highest BCUT2D eigenvalue weighted by Gasteiger charge is 2.06. The van der Waals surface area contributed by atoms with Crippen molar-refractivity contribution in [1.82, 2.24) is 4.98 Å². The molecule has 4 heteroatoms. The minimum absolute atomic E-state index is 0.160. The molecule has 0 atom stereocenters. The van der Waals surface area contributed by atoms with Crippen LogP contribution in [0.4, 0.5) is 0 Å². The molecule has 20 heavy (non-hydrogen) atoms. The zero-order valence-corrected chi connectivity index (χ0v) is 11.8. The van der Waals surface area contributed by atoms with Crippen LogP contribution in [0.2, 0.25) is 0 Å². The standard InChI is InChI=1S/C16H13NO2S/c1-11(18)10-12-2-4-13(5-3-12)19-15-6-8-17-14-7-9-20-16(14)15/h2-9H,10H2,1H3. The first-order valence-electron chi connectivity index (χ1n) is 6.31. The van der Waals surface area contributed by atoms with Crippen LogP contribution in [0.15, 0.2) is 48.0 Å². The number of aromatic nitrogens is 1. The lowest BCUT2D eigenvalue weighted by molar-refractivity contribution is -0.116. The van der Waals surface area contributed by atoms with E-state index in [9.17, 15) is 4.79 Å². The Labute approximate surface area is 120 Å². The van der Waals surface area contributed by atoms with Crippen molar-refractivity contribution in [2.45, 2.75) is 13.3 Å². The number of ether oxygens (including phenoxy) is 1. The Morgan fingerprint density at radius 2 is 2.00 bits per heavy atom. The van der Waals surface area contributed by atoms with Gasteiger partial charge in [0.05, 0.1) is 10.2 Å². The third kappa shape index (κ3) is 2.70. The molecule has 3 aromatic rings. The van der Waals surface area contributed by atoms with E-state index in [1.807, 2.05) is 41.8 Å². The number of carbonyl (C=O) groups excluding carboxylic acids is 1. The molecule has 0 aliphatic rings. The average molecular weight is 283 g/mol. The molecule has 0 aliphatic heterocycles. The zero-order valence-electron chi connectivity index (χ0n) is 11.0. The van der Waals surface area contributed by atoms with E-state index >= 15 is 0 Å². The Morgan fingerprint density at radius 3 is 2.75 bits per heavy atom. The maximum absolute atomic E-state index is 11.1. The van der Waals surface area contributed by atoms with Crippen molar-refractivity contribution in [3.8, 4) is 11.5 Å². The predicted molar refractivity (Wildman–Crippen MR) is 80.5 cm³/mol. The first-order valence-corrected chi connectivity index (χ1v) is 7.19. The SMILES string of the molecule is CC(=O)Cc1ccc(Oc2ccnc3ccsc23)cc1. The molecule has 100 valence electrons. The van der Waals surface area contributed by atoms with Gasteiger partial charge in [-0.05, 0) is 36.1 Å². The van der Waals surface area contributed by atoms with Crippen LogP contribution >= 0.6 is 11.3 Å². The molecule has 3 nitrogen and oxygen atoms in total. The van der Waals surface area contributed by atoms with Crippen molar-refractivity contribution in [3.05, 3.63) is 53.5 Å². The first-order chi connectivity index (χ1) is 9.72. The molecule has 0 saturated heterocycles. The van der Waals surface area contributed by atoms with Gasteiger partial charge < -0.3 is 4.74 Å². The minimum Gasteiger partial charge on any atom is -0.456 e. The molecule has 0 radical (unpaired) electrons. The Balaban J connectivity index is 1.84. The number of thiophene rings is 1. The summed E-state index contributed by atoms with van der Waals surface area (Å²) in [5.41, 5.74) is 1.95. The van der Waals surface area contributed by atoms with Gasteiger partial charge in [0.2, 0.25) is 0 Å². The van der Waals surface area contributed by atoms with E-state index in [0.29, 0.717) is 6.42 Å². The molecule has 0 amide bonds. The summed E-state index contributed by atoms with van der Waals surface area (Å²) >= 11 is 1.61. The molecule has 0 saturated carbocycles. The lowest BCUT2D eigenvalue weighted by atomic mass is 10.1. The van der Waals surface area contributed by atoms with Crippen molar-refractivity contribution in [2.24, 2.45) is 0 Å². The molecule has 0 spiro atoms. The quantitative estimate of drug-likeness (QED) is 0.719. The van der Waals surface area contributed by atoms with E-state index in [1.54, 1.807) is 24.5 Å². The number of carbonyl (C=O) groups is 1. The van der Waals surface area contributed by atoms with Crippen molar-refractivity contribution in [2.75, 3.05) is 0 Å². The van der Waals surface area contributed by atoms with Crippen LogP contribution in [0, 0.1) is 0 Å². The molecule has 2 aromatic heterocycles. The van der Waals surface area contributed by atoms with Crippen LogP contribution in [0.5, 0.6) is 11.5 Å². The summed E-state index contributed by atoms with van der Waals surface area (Å²) in [6, 6.07) is 11.5. The summed E-state index contributed by atoms with van der Waals surface area (Å²) in [7, 11) is 0. The van der Waals surface area contributed by atoms with Gasteiger partial charge in [-0.15, -0.1) is 11.3 Å². The summed E-state index contributed by atoms with van der Waals surface area (Å²) in [5, 5.41) is 2.00. The van der Waals surface area contributed by atoms with Crippen molar-refractivity contribution >= 4 is 27.3 Å². The minimum atomic E-state index is 0.160. The number of hydrogen-bond donors (Lipinski definition) is 0. The summed E-state index contributed by atoms with van der Waals surface area (Å²) in [6.07, 6.45) is 2.21.